The normalized spacial score (nSPS) is 19.7. The van der Waals surface area contributed by atoms with Crippen LogP contribution in [0.5, 0.6) is 0 Å². The largest absolute Gasteiger partial charge is 0.322 e. The second-order valence-corrected chi connectivity index (χ2v) is 5.92. The molecule has 1 unspecified atom stereocenters. The molecule has 5 heteroatoms. The third-order valence-corrected chi connectivity index (χ3v) is 4.04. The van der Waals surface area contributed by atoms with Gasteiger partial charge in [0, 0.05) is 17.1 Å². The van der Waals surface area contributed by atoms with Crippen molar-refractivity contribution >= 4 is 39.2 Å². The number of carbonyl (C=O) groups excluding carboxylic acids is 1. The summed E-state index contributed by atoms with van der Waals surface area (Å²) in [6.45, 7) is 2.91. The topological polar surface area (TPSA) is 32.3 Å². The van der Waals surface area contributed by atoms with Crippen molar-refractivity contribution in [3.63, 3.8) is 0 Å². The van der Waals surface area contributed by atoms with Gasteiger partial charge in [0.2, 0.25) is 0 Å². The van der Waals surface area contributed by atoms with E-state index in [9.17, 15) is 4.79 Å². The Labute approximate surface area is 121 Å². The fourth-order valence-electron chi connectivity index (χ4n) is 2.18. The number of hydrogen-bond donors (Lipinski definition) is 1. The zero-order valence-electron chi connectivity index (χ0n) is 10.2. The number of halogens is 2. The summed E-state index contributed by atoms with van der Waals surface area (Å²) < 4.78 is 0.900. The molecule has 98 valence electrons. The SMILES string of the molecule is CC1CCCCN1C(=O)Nc1ccc(Br)cc1Cl. The van der Waals surface area contributed by atoms with E-state index in [-0.39, 0.29) is 6.03 Å². The Bertz CT molecular complexity index is 453. The van der Waals surface area contributed by atoms with Crippen LogP contribution in [0.1, 0.15) is 26.2 Å². The molecule has 1 aliphatic heterocycles. The van der Waals surface area contributed by atoms with Crippen molar-refractivity contribution in [1.29, 1.82) is 0 Å². The first-order chi connectivity index (χ1) is 8.58. The van der Waals surface area contributed by atoms with Crippen LogP contribution in [0.3, 0.4) is 0 Å². The number of rotatable bonds is 1. The van der Waals surface area contributed by atoms with Crippen LogP contribution in [0.4, 0.5) is 10.5 Å². The van der Waals surface area contributed by atoms with E-state index >= 15 is 0 Å². The maximum absolute atomic E-state index is 12.2. The zero-order valence-corrected chi connectivity index (χ0v) is 12.6. The molecule has 1 fully saturated rings. The highest BCUT2D eigenvalue weighted by Gasteiger charge is 2.23. The fourth-order valence-corrected chi connectivity index (χ4v) is 2.90. The maximum atomic E-state index is 12.2. The number of nitrogens with zero attached hydrogens (tertiary/aromatic N) is 1. The molecule has 1 aromatic carbocycles. The van der Waals surface area contributed by atoms with Crippen LogP contribution < -0.4 is 5.32 Å². The minimum Gasteiger partial charge on any atom is -0.322 e. The van der Waals surface area contributed by atoms with Gasteiger partial charge in [-0.3, -0.25) is 0 Å². The first-order valence-corrected chi connectivity index (χ1v) is 7.27. The van der Waals surface area contributed by atoms with Crippen LogP contribution in [-0.2, 0) is 0 Å². The second-order valence-electron chi connectivity index (χ2n) is 4.59. The Balaban J connectivity index is 2.06. The summed E-state index contributed by atoms with van der Waals surface area (Å²) in [7, 11) is 0. The minimum atomic E-state index is -0.0635. The molecule has 2 rings (SSSR count). The monoisotopic (exact) mass is 330 g/mol. The Kier molecular flexibility index (Phi) is 4.51. The van der Waals surface area contributed by atoms with Gasteiger partial charge in [0.25, 0.3) is 0 Å². The minimum absolute atomic E-state index is 0.0635. The van der Waals surface area contributed by atoms with Crippen LogP contribution in [0.2, 0.25) is 5.02 Å². The van der Waals surface area contributed by atoms with Gasteiger partial charge in [0.05, 0.1) is 10.7 Å². The predicted molar refractivity (Wildman–Crippen MR) is 78.2 cm³/mol. The average Bonchev–Trinajstić information content (AvgIpc) is 2.33. The molecule has 0 radical (unpaired) electrons. The van der Waals surface area contributed by atoms with Gasteiger partial charge >= 0.3 is 6.03 Å². The molecular weight excluding hydrogens is 316 g/mol. The Hall–Kier alpha value is -0.740. The molecule has 1 aliphatic rings. The highest BCUT2D eigenvalue weighted by atomic mass is 79.9. The summed E-state index contributed by atoms with van der Waals surface area (Å²) in [5.74, 6) is 0. The Morgan fingerprint density at radius 3 is 2.94 bits per heavy atom. The van der Waals surface area contributed by atoms with Crippen LogP contribution in [0.15, 0.2) is 22.7 Å². The van der Waals surface area contributed by atoms with Gasteiger partial charge in [-0.1, -0.05) is 27.5 Å². The van der Waals surface area contributed by atoms with E-state index in [1.807, 2.05) is 11.0 Å². The summed E-state index contributed by atoms with van der Waals surface area (Å²) >= 11 is 9.43. The molecule has 1 N–H and O–H groups in total. The van der Waals surface area contributed by atoms with Gasteiger partial charge in [-0.25, -0.2) is 4.79 Å². The van der Waals surface area contributed by atoms with Crippen LogP contribution in [0.25, 0.3) is 0 Å². The standard InChI is InChI=1S/C13H16BrClN2O/c1-9-4-2-3-7-17(9)13(18)16-12-6-5-10(14)8-11(12)15/h5-6,8-9H,2-4,7H2,1H3,(H,16,18). The Morgan fingerprint density at radius 1 is 1.50 bits per heavy atom. The third-order valence-electron chi connectivity index (χ3n) is 3.24. The molecule has 0 spiro atoms. The van der Waals surface area contributed by atoms with Crippen molar-refractivity contribution < 1.29 is 4.79 Å². The summed E-state index contributed by atoms with van der Waals surface area (Å²) in [6, 6.07) is 5.68. The molecule has 0 bridgehead atoms. The van der Waals surface area contributed by atoms with E-state index in [4.69, 9.17) is 11.6 Å². The molecule has 1 saturated heterocycles. The lowest BCUT2D eigenvalue weighted by Crippen LogP contribution is -2.44. The number of nitrogens with one attached hydrogen (secondary N) is 1. The van der Waals surface area contributed by atoms with E-state index in [0.717, 1.165) is 23.9 Å². The van der Waals surface area contributed by atoms with E-state index in [1.165, 1.54) is 6.42 Å². The van der Waals surface area contributed by atoms with Gasteiger partial charge in [0.1, 0.15) is 0 Å². The maximum Gasteiger partial charge on any atom is 0.322 e. The zero-order chi connectivity index (χ0) is 13.1. The molecule has 18 heavy (non-hydrogen) atoms. The van der Waals surface area contributed by atoms with Crippen molar-refractivity contribution in [3.8, 4) is 0 Å². The lowest BCUT2D eigenvalue weighted by Gasteiger charge is -2.33. The van der Waals surface area contributed by atoms with E-state index in [0.29, 0.717) is 16.8 Å². The molecule has 3 nitrogen and oxygen atoms in total. The average molecular weight is 332 g/mol. The molecule has 2 amide bonds. The molecule has 0 aliphatic carbocycles. The predicted octanol–water partition coefficient (Wildman–Crippen LogP) is 4.51. The molecule has 0 saturated carbocycles. The van der Waals surface area contributed by atoms with Gasteiger partial charge in [0.15, 0.2) is 0 Å². The van der Waals surface area contributed by atoms with Crippen molar-refractivity contribution in [2.24, 2.45) is 0 Å². The van der Waals surface area contributed by atoms with Crippen molar-refractivity contribution in [2.45, 2.75) is 32.2 Å². The fraction of sp³-hybridized carbons (Fsp3) is 0.462. The van der Waals surface area contributed by atoms with Crippen molar-refractivity contribution in [2.75, 3.05) is 11.9 Å². The first-order valence-electron chi connectivity index (χ1n) is 6.10. The smallest absolute Gasteiger partial charge is 0.322 e. The quantitative estimate of drug-likeness (QED) is 0.807. The number of likely N-dealkylation sites (tertiary alicyclic amines) is 1. The van der Waals surface area contributed by atoms with Gasteiger partial charge in [-0.2, -0.15) is 0 Å². The van der Waals surface area contributed by atoms with Crippen LogP contribution in [-0.4, -0.2) is 23.5 Å². The van der Waals surface area contributed by atoms with Crippen molar-refractivity contribution in [1.82, 2.24) is 4.90 Å². The molecule has 1 heterocycles. The van der Waals surface area contributed by atoms with E-state index in [1.54, 1.807) is 12.1 Å². The van der Waals surface area contributed by atoms with Crippen LogP contribution in [0, 0.1) is 0 Å². The number of carbonyl (C=O) groups is 1. The number of hydrogen-bond acceptors (Lipinski definition) is 1. The summed E-state index contributed by atoms with van der Waals surface area (Å²) in [5, 5.41) is 3.42. The lowest BCUT2D eigenvalue weighted by atomic mass is 10.0. The summed E-state index contributed by atoms with van der Waals surface area (Å²) in [5.41, 5.74) is 0.655. The number of amides is 2. The van der Waals surface area contributed by atoms with Crippen LogP contribution >= 0.6 is 27.5 Å². The third kappa shape index (κ3) is 3.18. The van der Waals surface area contributed by atoms with E-state index in [2.05, 4.69) is 28.2 Å². The first kappa shape index (κ1) is 13.7. The van der Waals surface area contributed by atoms with Gasteiger partial charge in [-0.05, 0) is 44.4 Å². The number of benzene rings is 1. The summed E-state index contributed by atoms with van der Waals surface area (Å²) in [4.78, 5) is 14.0. The molecule has 1 aromatic rings. The van der Waals surface area contributed by atoms with Gasteiger partial charge < -0.3 is 10.2 Å². The van der Waals surface area contributed by atoms with Crippen molar-refractivity contribution in [3.05, 3.63) is 27.7 Å². The van der Waals surface area contributed by atoms with E-state index < -0.39 is 0 Å². The molecule has 1 atom stereocenters. The highest BCUT2D eigenvalue weighted by molar-refractivity contribution is 9.10. The highest BCUT2D eigenvalue weighted by Crippen LogP contribution is 2.26. The molecular formula is C13H16BrClN2O. The second kappa shape index (κ2) is 5.93. The lowest BCUT2D eigenvalue weighted by molar-refractivity contribution is 0.170. The number of urea groups is 1. The molecule has 0 aromatic heterocycles. The summed E-state index contributed by atoms with van der Waals surface area (Å²) in [6.07, 6.45) is 3.34. The Morgan fingerprint density at radius 2 is 2.28 bits per heavy atom. The number of piperidine rings is 1. The number of anilines is 1. The van der Waals surface area contributed by atoms with Gasteiger partial charge in [-0.15, -0.1) is 0 Å².